The van der Waals surface area contributed by atoms with Crippen LogP contribution in [0.1, 0.15) is 17.3 Å². The van der Waals surface area contributed by atoms with E-state index in [2.05, 4.69) is 0 Å². The molecule has 0 bridgehead atoms. The number of hydrogen-bond acceptors (Lipinski definition) is 4. The average Bonchev–Trinajstić information content (AvgIpc) is 2.38. The Bertz CT molecular complexity index is 407. The van der Waals surface area contributed by atoms with Gasteiger partial charge in [-0.2, -0.15) is 0 Å². The fraction of sp³-hybridized carbons (Fsp3) is 0.462. The second-order valence-electron chi connectivity index (χ2n) is 3.85. The van der Waals surface area contributed by atoms with Crippen molar-refractivity contribution in [2.45, 2.75) is 6.92 Å². The van der Waals surface area contributed by atoms with Gasteiger partial charge < -0.3 is 20.1 Å². The molecule has 1 aromatic carbocycles. The second kappa shape index (κ2) is 6.86. The number of likely N-dealkylation sites (N-methyl/N-ethyl adjacent to an activating group) is 1. The van der Waals surface area contributed by atoms with Gasteiger partial charge in [0, 0.05) is 20.2 Å². The molecule has 0 unspecified atom stereocenters. The molecule has 0 heterocycles. The molecule has 100 valence electrons. The number of anilines is 1. The Morgan fingerprint density at radius 1 is 1.44 bits per heavy atom. The van der Waals surface area contributed by atoms with Crippen LogP contribution in [0.25, 0.3) is 0 Å². The summed E-state index contributed by atoms with van der Waals surface area (Å²) in [6.45, 7) is 3.61. The van der Waals surface area contributed by atoms with E-state index in [1.54, 1.807) is 30.1 Å². The normalized spacial score (nSPS) is 10.2. The fourth-order valence-corrected chi connectivity index (χ4v) is 1.56. The number of nitrogens with two attached hydrogens (primary N) is 1. The van der Waals surface area contributed by atoms with Gasteiger partial charge in [-0.25, -0.2) is 0 Å². The summed E-state index contributed by atoms with van der Waals surface area (Å²) in [6, 6.07) is 5.17. The van der Waals surface area contributed by atoms with E-state index >= 15 is 0 Å². The zero-order valence-corrected chi connectivity index (χ0v) is 11.1. The lowest BCUT2D eigenvalue weighted by Gasteiger charge is -2.18. The van der Waals surface area contributed by atoms with Crippen molar-refractivity contribution in [2.24, 2.45) is 0 Å². The molecule has 0 saturated heterocycles. The summed E-state index contributed by atoms with van der Waals surface area (Å²) in [5.41, 5.74) is 6.70. The number of carbonyl (C=O) groups is 1. The standard InChI is InChI=1S/C13H20N2O3/c1-4-18-9-8-15(2)13(16)10-6-5-7-11(17-3)12(10)14/h5-7H,4,8-9,14H2,1-3H3. The highest BCUT2D eigenvalue weighted by molar-refractivity contribution is 6.00. The Labute approximate surface area is 107 Å². The van der Waals surface area contributed by atoms with Gasteiger partial charge in [0.25, 0.3) is 5.91 Å². The van der Waals surface area contributed by atoms with E-state index in [4.69, 9.17) is 15.2 Å². The largest absolute Gasteiger partial charge is 0.495 e. The molecular formula is C13H20N2O3. The minimum Gasteiger partial charge on any atom is -0.495 e. The number of ether oxygens (including phenoxy) is 2. The van der Waals surface area contributed by atoms with Crippen LogP contribution in [0, 0.1) is 0 Å². The Morgan fingerprint density at radius 3 is 2.78 bits per heavy atom. The van der Waals surface area contributed by atoms with Crippen molar-refractivity contribution < 1.29 is 14.3 Å². The molecule has 0 saturated carbocycles. The quantitative estimate of drug-likeness (QED) is 0.613. The van der Waals surface area contributed by atoms with E-state index in [0.29, 0.717) is 36.8 Å². The lowest BCUT2D eigenvalue weighted by atomic mass is 10.1. The number of nitrogens with zero attached hydrogens (tertiary/aromatic N) is 1. The van der Waals surface area contributed by atoms with Gasteiger partial charge in [0.1, 0.15) is 5.75 Å². The van der Waals surface area contributed by atoms with Crippen LogP contribution in [0.2, 0.25) is 0 Å². The highest BCUT2D eigenvalue weighted by atomic mass is 16.5. The van der Waals surface area contributed by atoms with Gasteiger partial charge in [-0.3, -0.25) is 4.79 Å². The summed E-state index contributed by atoms with van der Waals surface area (Å²) in [7, 11) is 3.25. The minimum absolute atomic E-state index is 0.133. The molecule has 0 aliphatic carbocycles. The first-order valence-electron chi connectivity index (χ1n) is 5.87. The van der Waals surface area contributed by atoms with Crippen LogP contribution in [-0.4, -0.2) is 44.7 Å². The monoisotopic (exact) mass is 252 g/mol. The van der Waals surface area contributed by atoms with Crippen molar-refractivity contribution in [3.8, 4) is 5.75 Å². The summed E-state index contributed by atoms with van der Waals surface area (Å²) in [6.07, 6.45) is 0. The van der Waals surface area contributed by atoms with E-state index in [9.17, 15) is 4.79 Å². The predicted molar refractivity (Wildman–Crippen MR) is 70.9 cm³/mol. The molecular weight excluding hydrogens is 232 g/mol. The van der Waals surface area contributed by atoms with Crippen molar-refractivity contribution in [1.82, 2.24) is 4.90 Å². The van der Waals surface area contributed by atoms with E-state index in [0.717, 1.165) is 0 Å². The number of benzene rings is 1. The highest BCUT2D eigenvalue weighted by Gasteiger charge is 2.16. The maximum Gasteiger partial charge on any atom is 0.255 e. The molecule has 5 nitrogen and oxygen atoms in total. The molecule has 1 amide bonds. The molecule has 0 aliphatic heterocycles. The summed E-state index contributed by atoms with van der Waals surface area (Å²) in [5.74, 6) is 0.380. The van der Waals surface area contributed by atoms with Gasteiger partial charge in [0.05, 0.1) is 25.0 Å². The third-order valence-corrected chi connectivity index (χ3v) is 2.64. The molecule has 0 spiro atoms. The van der Waals surface area contributed by atoms with Gasteiger partial charge in [-0.15, -0.1) is 0 Å². The highest BCUT2D eigenvalue weighted by Crippen LogP contribution is 2.25. The summed E-state index contributed by atoms with van der Waals surface area (Å²) < 4.78 is 10.3. The van der Waals surface area contributed by atoms with Gasteiger partial charge in [0.2, 0.25) is 0 Å². The molecule has 1 aromatic rings. The van der Waals surface area contributed by atoms with Gasteiger partial charge in [-0.05, 0) is 19.1 Å². The third kappa shape index (κ3) is 3.37. The zero-order chi connectivity index (χ0) is 13.5. The third-order valence-electron chi connectivity index (χ3n) is 2.64. The molecule has 1 rings (SSSR count). The van der Waals surface area contributed by atoms with Crippen LogP contribution in [0.3, 0.4) is 0 Å². The summed E-state index contributed by atoms with van der Waals surface area (Å²) in [5, 5.41) is 0. The first-order valence-corrected chi connectivity index (χ1v) is 5.87. The molecule has 18 heavy (non-hydrogen) atoms. The van der Waals surface area contributed by atoms with E-state index < -0.39 is 0 Å². The number of amides is 1. The first-order chi connectivity index (χ1) is 8.61. The van der Waals surface area contributed by atoms with Gasteiger partial charge >= 0.3 is 0 Å². The average molecular weight is 252 g/mol. The number of nitrogen functional groups attached to an aromatic ring is 1. The first kappa shape index (κ1) is 14.3. The van der Waals surface area contributed by atoms with Crippen molar-refractivity contribution in [3.63, 3.8) is 0 Å². The van der Waals surface area contributed by atoms with Gasteiger partial charge in [0.15, 0.2) is 0 Å². The molecule has 0 atom stereocenters. The molecule has 0 radical (unpaired) electrons. The molecule has 2 N–H and O–H groups in total. The molecule has 0 aromatic heterocycles. The van der Waals surface area contributed by atoms with Crippen LogP contribution in [0.5, 0.6) is 5.75 Å². The van der Waals surface area contributed by atoms with Crippen LogP contribution in [-0.2, 0) is 4.74 Å². The Balaban J connectivity index is 2.77. The van der Waals surface area contributed by atoms with Crippen molar-refractivity contribution in [2.75, 3.05) is 39.6 Å². The Hall–Kier alpha value is -1.75. The smallest absolute Gasteiger partial charge is 0.255 e. The fourth-order valence-electron chi connectivity index (χ4n) is 1.56. The summed E-state index contributed by atoms with van der Waals surface area (Å²) >= 11 is 0. The number of hydrogen-bond donors (Lipinski definition) is 1. The lowest BCUT2D eigenvalue weighted by molar-refractivity contribution is 0.0710. The Kier molecular flexibility index (Phi) is 5.45. The minimum atomic E-state index is -0.133. The van der Waals surface area contributed by atoms with Crippen LogP contribution < -0.4 is 10.5 Å². The number of carbonyl (C=O) groups excluding carboxylic acids is 1. The maximum atomic E-state index is 12.2. The van der Waals surface area contributed by atoms with Crippen LogP contribution >= 0.6 is 0 Å². The molecule has 0 fully saturated rings. The van der Waals surface area contributed by atoms with Crippen molar-refractivity contribution in [3.05, 3.63) is 23.8 Å². The Morgan fingerprint density at radius 2 is 2.17 bits per heavy atom. The van der Waals surface area contributed by atoms with Crippen LogP contribution in [0.15, 0.2) is 18.2 Å². The number of methoxy groups -OCH3 is 1. The molecule has 0 aliphatic rings. The van der Waals surface area contributed by atoms with Crippen LogP contribution in [0.4, 0.5) is 5.69 Å². The van der Waals surface area contributed by atoms with Crippen molar-refractivity contribution in [1.29, 1.82) is 0 Å². The second-order valence-corrected chi connectivity index (χ2v) is 3.85. The molecule has 5 heteroatoms. The number of rotatable bonds is 6. The van der Waals surface area contributed by atoms with E-state index in [1.807, 2.05) is 6.92 Å². The van der Waals surface area contributed by atoms with E-state index in [1.165, 1.54) is 7.11 Å². The predicted octanol–water partition coefficient (Wildman–Crippen LogP) is 1.39. The van der Waals surface area contributed by atoms with E-state index in [-0.39, 0.29) is 5.91 Å². The van der Waals surface area contributed by atoms with Gasteiger partial charge in [-0.1, -0.05) is 6.07 Å². The topological polar surface area (TPSA) is 64.8 Å². The lowest BCUT2D eigenvalue weighted by Crippen LogP contribution is -2.30. The maximum absolute atomic E-state index is 12.2. The van der Waals surface area contributed by atoms with Crippen molar-refractivity contribution >= 4 is 11.6 Å². The number of para-hydroxylation sites is 1. The summed E-state index contributed by atoms with van der Waals surface area (Å²) in [4.78, 5) is 13.7. The zero-order valence-electron chi connectivity index (χ0n) is 11.1. The SMILES string of the molecule is CCOCCN(C)C(=O)c1cccc(OC)c1N.